The zero-order chi connectivity index (χ0) is 52.5. The Balaban J connectivity index is 1.24. The number of hydrogen-bond donors (Lipinski definition) is 10. The fourth-order valence-corrected chi connectivity index (χ4v) is 11.5. The second kappa shape index (κ2) is 32.3. The van der Waals surface area contributed by atoms with Crippen LogP contribution in [0.25, 0.3) is 11.2 Å². The van der Waals surface area contributed by atoms with Gasteiger partial charge >= 0.3 is 23.5 Å². The zero-order valence-electron chi connectivity index (χ0n) is 41.3. The zero-order valence-corrected chi connectivity index (χ0v) is 44.8. The fraction of sp³-hybridized carbons (Fsp3) is 0.837. The molecule has 8 atom stereocenters. The molecule has 0 spiro atoms. The maximum Gasteiger partial charge on any atom is 0.481 e. The van der Waals surface area contributed by atoms with E-state index in [1.165, 1.54) is 110 Å². The summed E-state index contributed by atoms with van der Waals surface area (Å²) in [5.41, 5.74) is 4.32. The van der Waals surface area contributed by atoms with Crippen LogP contribution in [0.3, 0.4) is 0 Å². The Morgan fingerprint density at radius 1 is 0.817 bits per heavy atom. The number of aliphatic hydroxyl groups is 3. The van der Waals surface area contributed by atoms with Crippen molar-refractivity contribution in [3.05, 3.63) is 12.7 Å². The molecular formula is C43H80N7O17P3S. The molecule has 24 nitrogen and oxygen atoms in total. The highest BCUT2D eigenvalue weighted by Gasteiger charge is 2.50. The van der Waals surface area contributed by atoms with Gasteiger partial charge in [-0.05, 0) is 18.6 Å². The van der Waals surface area contributed by atoms with Gasteiger partial charge in [-0.3, -0.25) is 27.7 Å². The number of imidazole rings is 1. The van der Waals surface area contributed by atoms with Crippen molar-refractivity contribution in [1.82, 2.24) is 30.2 Å². The van der Waals surface area contributed by atoms with Gasteiger partial charge in [0.2, 0.25) is 11.8 Å². The van der Waals surface area contributed by atoms with Gasteiger partial charge in [-0.15, -0.1) is 0 Å². The van der Waals surface area contributed by atoms with Crippen LogP contribution >= 0.6 is 35.2 Å². The highest BCUT2D eigenvalue weighted by molar-refractivity contribution is 7.99. The Kier molecular flexibility index (Phi) is 28.7. The highest BCUT2D eigenvalue weighted by atomic mass is 32.2. The van der Waals surface area contributed by atoms with E-state index >= 15 is 0 Å². The van der Waals surface area contributed by atoms with Crippen molar-refractivity contribution in [2.45, 2.75) is 186 Å². The molecule has 28 heteroatoms. The van der Waals surface area contributed by atoms with Crippen LogP contribution in [0.5, 0.6) is 0 Å². The van der Waals surface area contributed by atoms with Gasteiger partial charge in [0.25, 0.3) is 0 Å². The summed E-state index contributed by atoms with van der Waals surface area (Å²) in [5.74, 6) is 0.0780. The molecule has 2 unspecified atom stereocenters. The second-order valence-corrected chi connectivity index (χ2v) is 24.0. The van der Waals surface area contributed by atoms with Gasteiger partial charge in [0.05, 0.1) is 25.6 Å². The van der Waals surface area contributed by atoms with E-state index in [0.29, 0.717) is 18.7 Å². The number of amides is 2. The first kappa shape index (κ1) is 63.1. The lowest BCUT2D eigenvalue weighted by Gasteiger charge is -2.30. The number of nitrogens with zero attached hydrogens (tertiary/aromatic N) is 4. The van der Waals surface area contributed by atoms with Crippen molar-refractivity contribution in [1.29, 1.82) is 0 Å². The predicted molar refractivity (Wildman–Crippen MR) is 266 cm³/mol. The number of nitrogen functional groups attached to an aromatic ring is 1. The van der Waals surface area contributed by atoms with E-state index in [1.54, 1.807) is 11.8 Å². The summed E-state index contributed by atoms with van der Waals surface area (Å²) >= 11 is 1.62. The van der Waals surface area contributed by atoms with Crippen LogP contribution in [0, 0.1) is 5.41 Å². The summed E-state index contributed by atoms with van der Waals surface area (Å²) in [5, 5.41) is 37.1. The van der Waals surface area contributed by atoms with E-state index in [1.807, 2.05) is 0 Å². The third-order valence-corrected chi connectivity index (χ3v) is 16.0. The Labute approximate surface area is 421 Å². The van der Waals surface area contributed by atoms with Crippen LogP contribution in [-0.4, -0.2) is 135 Å². The molecule has 0 bridgehead atoms. The second-order valence-electron chi connectivity index (χ2n) is 18.6. The summed E-state index contributed by atoms with van der Waals surface area (Å²) in [6.07, 6.45) is 16.7. The number of hydrogen-bond acceptors (Lipinski definition) is 18. The number of rotatable bonds is 40. The quantitative estimate of drug-likeness (QED) is 0.0273. The Bertz CT molecular complexity index is 2020. The number of anilines is 1. The lowest BCUT2D eigenvalue weighted by atomic mass is 9.87. The first-order valence-electron chi connectivity index (χ1n) is 24.7. The third-order valence-electron chi connectivity index (χ3n) is 11.9. The first-order valence-corrected chi connectivity index (χ1v) is 30.4. The molecular weight excluding hydrogens is 1010 g/mol. The Hall–Kier alpha value is -2.15. The summed E-state index contributed by atoms with van der Waals surface area (Å²) in [7, 11) is -16.4. The van der Waals surface area contributed by atoms with Gasteiger partial charge in [0.15, 0.2) is 17.7 Å². The number of carbonyl (C=O) groups is 2. The number of carbonyl (C=O) groups excluding carboxylic acids is 2. The van der Waals surface area contributed by atoms with Crippen molar-refractivity contribution in [3.63, 3.8) is 0 Å². The standard InChI is InChI=1S/C43H80N7O17P3S/c1-4-5-6-7-8-9-10-11-12-13-14-15-16-17-18-19-20-21-32(51)23-26-71-27-25-45-34(52)22-24-46-41(55)38(54)43(2,3)29-64-70(61,62)67-69(59,60)63-28-33-37(66-68(56,57)58)36(53)42(65-33)50-31-49-35-39(44)47-30-48-40(35)50/h30-33,36-38,42,51,53-54H,4-29H2,1-3H3,(H,45,52)(H,46,55)(H,59,60)(H,61,62)(H2,44,47,48)(H2,56,57,58)/t32-,33+,36+,37+,38-,42+/m0/s1. The maximum atomic E-state index is 12.8. The smallest absolute Gasteiger partial charge is 0.393 e. The van der Waals surface area contributed by atoms with Gasteiger partial charge in [-0.1, -0.05) is 130 Å². The summed E-state index contributed by atoms with van der Waals surface area (Å²) < 4.78 is 62.5. The Morgan fingerprint density at radius 3 is 1.99 bits per heavy atom. The van der Waals surface area contributed by atoms with Gasteiger partial charge in [0, 0.05) is 30.7 Å². The number of phosphoric acid groups is 3. The molecule has 2 aromatic rings. The van der Waals surface area contributed by atoms with Crippen molar-refractivity contribution in [2.75, 3.05) is 43.5 Å². The summed E-state index contributed by atoms with van der Waals surface area (Å²) in [4.78, 5) is 76.3. The molecule has 1 aliphatic rings. The molecule has 0 aromatic carbocycles. The van der Waals surface area contributed by atoms with Gasteiger partial charge < -0.3 is 56.0 Å². The molecule has 71 heavy (non-hydrogen) atoms. The molecule has 11 N–H and O–H groups in total. The normalized spacial score (nSPS) is 20.1. The number of unbranched alkanes of at least 4 members (excludes halogenated alkanes) is 16. The molecule has 410 valence electrons. The van der Waals surface area contributed by atoms with Crippen LogP contribution in [0.4, 0.5) is 5.82 Å². The van der Waals surface area contributed by atoms with Crippen LogP contribution < -0.4 is 16.4 Å². The van der Waals surface area contributed by atoms with E-state index < -0.39 is 78.6 Å². The van der Waals surface area contributed by atoms with E-state index in [2.05, 4.69) is 41.3 Å². The van der Waals surface area contributed by atoms with Gasteiger partial charge in [-0.25, -0.2) is 28.6 Å². The SMILES string of the molecule is CCCCCCCCCCCCCCCCCCC[C@H](O)CCSCCNC(=O)CCNC(=O)[C@H](O)C(C)(C)COP(=O)(O)OP(=O)(O)OC[C@H]1O[C@@H](n2cnc3c(N)ncnc32)[C@H](O)[C@@H]1OP(=O)(O)O. The molecule has 1 saturated heterocycles. The highest BCUT2D eigenvalue weighted by Crippen LogP contribution is 2.61. The van der Waals surface area contributed by atoms with Crippen LogP contribution in [0.1, 0.15) is 155 Å². The van der Waals surface area contributed by atoms with Crippen molar-refractivity contribution in [2.24, 2.45) is 5.41 Å². The Morgan fingerprint density at radius 2 is 1.39 bits per heavy atom. The van der Waals surface area contributed by atoms with Gasteiger partial charge in [0.1, 0.15) is 36.3 Å². The summed E-state index contributed by atoms with van der Waals surface area (Å²) in [6.45, 7) is 3.07. The first-order chi connectivity index (χ1) is 33.6. The number of thioether (sulfide) groups is 1. The van der Waals surface area contributed by atoms with E-state index in [-0.39, 0.29) is 42.0 Å². The van der Waals surface area contributed by atoms with Crippen LogP contribution in [0.2, 0.25) is 0 Å². The third kappa shape index (κ3) is 24.8. The van der Waals surface area contributed by atoms with E-state index in [9.17, 15) is 58.2 Å². The van der Waals surface area contributed by atoms with E-state index in [4.69, 9.17) is 19.5 Å². The largest absolute Gasteiger partial charge is 0.481 e. The van der Waals surface area contributed by atoms with Crippen molar-refractivity contribution < 1.29 is 80.8 Å². The molecule has 1 aliphatic heterocycles. The van der Waals surface area contributed by atoms with Crippen molar-refractivity contribution >= 4 is 64.0 Å². The number of aromatic nitrogens is 4. The monoisotopic (exact) mass is 1090 g/mol. The number of nitrogens with two attached hydrogens (primary N) is 1. The molecule has 0 radical (unpaired) electrons. The molecule has 3 heterocycles. The van der Waals surface area contributed by atoms with Gasteiger partial charge in [-0.2, -0.15) is 16.1 Å². The molecule has 2 aromatic heterocycles. The average molecular weight is 1090 g/mol. The maximum absolute atomic E-state index is 12.8. The minimum Gasteiger partial charge on any atom is -0.393 e. The number of ether oxygens (including phenoxy) is 1. The predicted octanol–water partition coefficient (Wildman–Crippen LogP) is 5.93. The minimum atomic E-state index is -5.57. The molecule has 1 fully saturated rings. The van der Waals surface area contributed by atoms with Crippen LogP contribution in [0.15, 0.2) is 12.7 Å². The average Bonchev–Trinajstić information content (AvgIpc) is 3.86. The molecule has 0 aliphatic carbocycles. The van der Waals surface area contributed by atoms with E-state index in [0.717, 1.165) is 42.2 Å². The minimum absolute atomic E-state index is 0.0362. The lowest BCUT2D eigenvalue weighted by Crippen LogP contribution is -2.46. The molecule has 3 rings (SSSR count). The number of nitrogens with one attached hydrogen (secondary N) is 2. The molecule has 0 saturated carbocycles. The fourth-order valence-electron chi connectivity index (χ4n) is 7.77. The number of aliphatic hydroxyl groups excluding tert-OH is 3. The number of phosphoric ester groups is 3. The topological polar surface area (TPSA) is 367 Å². The van der Waals surface area contributed by atoms with Crippen LogP contribution in [-0.2, 0) is 45.9 Å². The lowest BCUT2D eigenvalue weighted by molar-refractivity contribution is -0.137. The van der Waals surface area contributed by atoms with Crippen molar-refractivity contribution in [3.8, 4) is 0 Å². The summed E-state index contributed by atoms with van der Waals surface area (Å²) in [6, 6.07) is 0. The molecule has 2 amide bonds. The number of fused-ring (bicyclic) bond motifs is 1.